The van der Waals surface area contributed by atoms with Crippen molar-refractivity contribution in [1.29, 1.82) is 0 Å². The first-order valence-electron chi connectivity index (χ1n) is 7.64. The lowest BCUT2D eigenvalue weighted by Crippen LogP contribution is -2.13. The minimum absolute atomic E-state index is 0.101. The van der Waals surface area contributed by atoms with Crippen molar-refractivity contribution in [3.05, 3.63) is 59.2 Å². The monoisotopic (exact) mass is 405 g/mol. The molecule has 140 valence electrons. The molecule has 26 heavy (non-hydrogen) atoms. The Bertz CT molecular complexity index is 800. The fraction of sp³-hybridized carbons (Fsp3) is 0.278. The van der Waals surface area contributed by atoms with E-state index in [0.29, 0.717) is 24.3 Å². The predicted molar refractivity (Wildman–Crippen MR) is 95.9 cm³/mol. The second kappa shape index (κ2) is 8.31. The fourth-order valence-electron chi connectivity index (χ4n) is 1.99. The molecule has 0 saturated carbocycles. The van der Waals surface area contributed by atoms with Crippen molar-refractivity contribution < 1.29 is 22.4 Å². The van der Waals surface area contributed by atoms with Crippen LogP contribution in [0, 0.1) is 23.3 Å². The number of halogens is 5. The minimum atomic E-state index is -1.62. The molecule has 2 aromatic rings. The van der Waals surface area contributed by atoms with Crippen LogP contribution in [0.3, 0.4) is 0 Å². The van der Waals surface area contributed by atoms with Gasteiger partial charge in [-0.2, -0.15) is 0 Å². The number of benzene rings is 2. The van der Waals surface area contributed by atoms with Gasteiger partial charge in [0, 0.05) is 33.2 Å². The van der Waals surface area contributed by atoms with Crippen molar-refractivity contribution in [1.82, 2.24) is 0 Å². The van der Waals surface area contributed by atoms with Gasteiger partial charge in [0.15, 0.2) is 17.5 Å². The molecular formula is C18H16ClF4NOS. The highest BCUT2D eigenvalue weighted by Gasteiger charge is 2.16. The summed E-state index contributed by atoms with van der Waals surface area (Å²) in [5, 5.41) is 2.26. The minimum Gasteiger partial charge on any atom is -0.322 e. The molecule has 0 spiro atoms. The van der Waals surface area contributed by atoms with Gasteiger partial charge in [-0.1, -0.05) is 0 Å². The van der Waals surface area contributed by atoms with Crippen LogP contribution < -0.4 is 5.32 Å². The first kappa shape index (κ1) is 20.6. The Morgan fingerprint density at radius 1 is 1.08 bits per heavy atom. The average Bonchev–Trinajstić information content (AvgIpc) is 2.53. The molecule has 0 unspecified atom stereocenters. The highest BCUT2D eigenvalue weighted by atomic mass is 35.5. The standard InChI is InChI=1S/C18H16ClF4NOS/c1-18(2,19)5-6-26-15-7-10(3-4-12(15)20)17(25)24-11-8-13(21)16(23)14(22)9-11/h3-4,7-9H,5-6H2,1-2H3,(H,24,25). The molecular weight excluding hydrogens is 390 g/mol. The van der Waals surface area contributed by atoms with E-state index in [2.05, 4.69) is 5.32 Å². The molecule has 0 radical (unpaired) electrons. The van der Waals surface area contributed by atoms with Crippen LogP contribution in [0.2, 0.25) is 0 Å². The molecule has 0 fully saturated rings. The van der Waals surface area contributed by atoms with E-state index in [0.717, 1.165) is 6.07 Å². The number of anilines is 1. The number of carbonyl (C=O) groups is 1. The molecule has 2 aromatic carbocycles. The normalized spacial score (nSPS) is 11.5. The highest BCUT2D eigenvalue weighted by Crippen LogP contribution is 2.28. The van der Waals surface area contributed by atoms with Gasteiger partial charge in [0.25, 0.3) is 5.91 Å². The second-order valence-corrected chi connectivity index (χ2v) is 8.33. The highest BCUT2D eigenvalue weighted by molar-refractivity contribution is 7.99. The molecule has 0 atom stereocenters. The molecule has 0 aliphatic carbocycles. The van der Waals surface area contributed by atoms with Gasteiger partial charge in [-0.25, -0.2) is 17.6 Å². The van der Waals surface area contributed by atoms with Crippen LogP contribution >= 0.6 is 23.4 Å². The Morgan fingerprint density at radius 2 is 1.69 bits per heavy atom. The Kier molecular flexibility index (Phi) is 6.58. The smallest absolute Gasteiger partial charge is 0.255 e. The van der Waals surface area contributed by atoms with Gasteiger partial charge in [-0.05, 0) is 44.2 Å². The third-order valence-electron chi connectivity index (χ3n) is 3.39. The summed E-state index contributed by atoms with van der Waals surface area (Å²) in [6, 6.07) is 5.05. The molecule has 1 amide bonds. The van der Waals surface area contributed by atoms with Crippen LogP contribution in [0.4, 0.5) is 23.2 Å². The SMILES string of the molecule is CC(C)(Cl)CCSc1cc(C(=O)Nc2cc(F)c(F)c(F)c2)ccc1F. The van der Waals surface area contributed by atoms with Crippen LogP contribution in [0.5, 0.6) is 0 Å². The van der Waals surface area contributed by atoms with Crippen LogP contribution in [-0.4, -0.2) is 16.5 Å². The molecule has 2 rings (SSSR count). The maximum Gasteiger partial charge on any atom is 0.255 e. The lowest BCUT2D eigenvalue weighted by atomic mass is 10.1. The number of carbonyl (C=O) groups excluding carboxylic acids is 1. The van der Waals surface area contributed by atoms with E-state index in [4.69, 9.17) is 11.6 Å². The quantitative estimate of drug-likeness (QED) is 0.276. The summed E-state index contributed by atoms with van der Waals surface area (Å²) in [5.41, 5.74) is -0.141. The number of nitrogens with one attached hydrogen (secondary N) is 1. The second-order valence-electron chi connectivity index (χ2n) is 6.17. The largest absolute Gasteiger partial charge is 0.322 e. The molecule has 8 heteroatoms. The Hall–Kier alpha value is -1.73. The average molecular weight is 406 g/mol. The van der Waals surface area contributed by atoms with E-state index in [9.17, 15) is 22.4 Å². The lowest BCUT2D eigenvalue weighted by Gasteiger charge is -2.15. The molecule has 0 bridgehead atoms. The predicted octanol–water partition coefficient (Wildman–Crippen LogP) is 5.99. The van der Waals surface area contributed by atoms with E-state index < -0.39 is 34.1 Å². The molecule has 0 aliphatic heterocycles. The van der Waals surface area contributed by atoms with Gasteiger partial charge < -0.3 is 5.32 Å². The molecule has 2 nitrogen and oxygen atoms in total. The fourth-order valence-corrected chi connectivity index (χ4v) is 3.44. The van der Waals surface area contributed by atoms with Crippen LogP contribution in [0.15, 0.2) is 35.2 Å². The summed E-state index contributed by atoms with van der Waals surface area (Å²) in [6.45, 7) is 3.69. The number of amides is 1. The van der Waals surface area contributed by atoms with Crippen molar-refractivity contribution >= 4 is 35.0 Å². The van der Waals surface area contributed by atoms with E-state index in [1.165, 1.54) is 23.9 Å². The summed E-state index contributed by atoms with van der Waals surface area (Å²) >= 11 is 7.30. The van der Waals surface area contributed by atoms with Gasteiger partial charge in [-0.15, -0.1) is 23.4 Å². The van der Waals surface area contributed by atoms with Crippen molar-refractivity contribution in [2.45, 2.75) is 30.0 Å². The van der Waals surface area contributed by atoms with E-state index in [-0.39, 0.29) is 16.1 Å². The first-order chi connectivity index (χ1) is 12.1. The zero-order valence-corrected chi connectivity index (χ0v) is 15.6. The Balaban J connectivity index is 2.13. The van der Waals surface area contributed by atoms with Gasteiger partial charge >= 0.3 is 0 Å². The topological polar surface area (TPSA) is 29.1 Å². The summed E-state index contributed by atoms with van der Waals surface area (Å²) in [6.07, 6.45) is 0.628. The number of alkyl halides is 1. The Labute approximate surface area is 157 Å². The molecule has 0 saturated heterocycles. The van der Waals surface area contributed by atoms with Gasteiger partial charge in [0.1, 0.15) is 5.82 Å². The van der Waals surface area contributed by atoms with Crippen molar-refractivity contribution in [2.24, 2.45) is 0 Å². The number of hydrogen-bond acceptors (Lipinski definition) is 2. The summed E-state index contributed by atoms with van der Waals surface area (Å²) in [4.78, 5) is 12.1. The number of rotatable bonds is 6. The maximum atomic E-state index is 13.9. The lowest BCUT2D eigenvalue weighted by molar-refractivity contribution is 0.102. The molecule has 0 aliphatic rings. The number of hydrogen-bond donors (Lipinski definition) is 1. The van der Waals surface area contributed by atoms with E-state index >= 15 is 0 Å². The number of thioether (sulfide) groups is 1. The van der Waals surface area contributed by atoms with Gasteiger partial charge in [0.05, 0.1) is 0 Å². The van der Waals surface area contributed by atoms with Crippen LogP contribution in [-0.2, 0) is 0 Å². The van der Waals surface area contributed by atoms with Crippen molar-refractivity contribution in [3.8, 4) is 0 Å². The van der Waals surface area contributed by atoms with Crippen LogP contribution in [0.1, 0.15) is 30.6 Å². The zero-order chi connectivity index (χ0) is 19.5. The summed E-state index contributed by atoms with van der Waals surface area (Å²) in [5.74, 6) is -5.09. The first-order valence-corrected chi connectivity index (χ1v) is 9.00. The zero-order valence-electron chi connectivity index (χ0n) is 14.0. The molecule has 0 aromatic heterocycles. The summed E-state index contributed by atoms with van der Waals surface area (Å²) in [7, 11) is 0. The van der Waals surface area contributed by atoms with E-state index in [1.807, 2.05) is 13.8 Å². The third kappa shape index (κ3) is 5.64. The van der Waals surface area contributed by atoms with Crippen LogP contribution in [0.25, 0.3) is 0 Å². The van der Waals surface area contributed by atoms with Gasteiger partial charge in [0.2, 0.25) is 0 Å². The molecule has 0 heterocycles. The Morgan fingerprint density at radius 3 is 2.27 bits per heavy atom. The van der Waals surface area contributed by atoms with Gasteiger partial charge in [-0.3, -0.25) is 4.79 Å². The third-order valence-corrected chi connectivity index (χ3v) is 4.61. The van der Waals surface area contributed by atoms with Crippen molar-refractivity contribution in [2.75, 3.05) is 11.1 Å². The summed E-state index contributed by atoms with van der Waals surface area (Å²) < 4.78 is 53.3. The molecule has 1 N–H and O–H groups in total. The van der Waals surface area contributed by atoms with Crippen molar-refractivity contribution in [3.63, 3.8) is 0 Å². The maximum absolute atomic E-state index is 13.9. The van der Waals surface area contributed by atoms with E-state index in [1.54, 1.807) is 0 Å².